The van der Waals surface area contributed by atoms with Crippen LogP contribution in [0, 0.1) is 5.82 Å². The van der Waals surface area contributed by atoms with Crippen molar-refractivity contribution in [2.45, 2.75) is 52.2 Å². The highest BCUT2D eigenvalue weighted by atomic mass is 19.1. The lowest BCUT2D eigenvalue weighted by atomic mass is 10.1. The number of ether oxygens (including phenoxy) is 2. The number of halogens is 1. The van der Waals surface area contributed by atoms with Crippen LogP contribution in [0.5, 0.6) is 5.75 Å². The Morgan fingerprint density at radius 3 is 2.70 bits per heavy atom. The zero-order valence-electron chi connectivity index (χ0n) is 14.2. The number of amides is 1. The van der Waals surface area contributed by atoms with Crippen molar-refractivity contribution in [3.8, 4) is 5.75 Å². The predicted molar refractivity (Wildman–Crippen MR) is 86.1 cm³/mol. The van der Waals surface area contributed by atoms with E-state index in [2.05, 4.69) is 5.32 Å². The van der Waals surface area contributed by atoms with E-state index in [1.54, 1.807) is 33.8 Å². The monoisotopic (exact) mass is 327 g/mol. The van der Waals surface area contributed by atoms with Gasteiger partial charge < -0.3 is 19.9 Å². The second kappa shape index (κ2) is 8.72. The molecule has 5 nitrogen and oxygen atoms in total. The number of alkyl carbamates (subject to hydrolysis) is 1. The maximum Gasteiger partial charge on any atom is 0.407 e. The van der Waals surface area contributed by atoms with Crippen molar-refractivity contribution in [3.05, 3.63) is 29.6 Å². The Bertz CT molecular complexity index is 514. The van der Waals surface area contributed by atoms with Crippen molar-refractivity contribution in [2.75, 3.05) is 13.2 Å². The summed E-state index contributed by atoms with van der Waals surface area (Å²) in [6.45, 7) is 7.42. The average molecular weight is 327 g/mol. The van der Waals surface area contributed by atoms with Gasteiger partial charge in [0.2, 0.25) is 0 Å². The van der Waals surface area contributed by atoms with Gasteiger partial charge in [-0.15, -0.1) is 0 Å². The van der Waals surface area contributed by atoms with Crippen molar-refractivity contribution in [1.82, 2.24) is 5.32 Å². The van der Waals surface area contributed by atoms with Gasteiger partial charge in [0.1, 0.15) is 23.3 Å². The number of carbonyl (C=O) groups is 1. The molecule has 23 heavy (non-hydrogen) atoms. The highest BCUT2D eigenvalue weighted by Gasteiger charge is 2.15. The summed E-state index contributed by atoms with van der Waals surface area (Å²) in [5.41, 5.74) is 0.306. The van der Waals surface area contributed by atoms with E-state index in [4.69, 9.17) is 14.6 Å². The van der Waals surface area contributed by atoms with Gasteiger partial charge >= 0.3 is 6.09 Å². The first-order valence-electron chi connectivity index (χ1n) is 7.74. The molecule has 0 fully saturated rings. The molecule has 1 aromatic carbocycles. The number of hydrogen-bond acceptors (Lipinski definition) is 4. The third kappa shape index (κ3) is 7.83. The fourth-order valence-corrected chi connectivity index (χ4v) is 1.88. The van der Waals surface area contributed by atoms with Crippen molar-refractivity contribution >= 4 is 6.09 Å². The molecule has 0 aliphatic heterocycles. The molecule has 130 valence electrons. The summed E-state index contributed by atoms with van der Waals surface area (Å²) in [6, 6.07) is 4.33. The summed E-state index contributed by atoms with van der Waals surface area (Å²) in [4.78, 5) is 11.5. The fourth-order valence-electron chi connectivity index (χ4n) is 1.88. The zero-order valence-corrected chi connectivity index (χ0v) is 14.2. The van der Waals surface area contributed by atoms with Crippen LogP contribution >= 0.6 is 0 Å². The van der Waals surface area contributed by atoms with Crippen molar-refractivity contribution in [3.63, 3.8) is 0 Å². The molecule has 1 rings (SSSR count). The van der Waals surface area contributed by atoms with E-state index in [-0.39, 0.29) is 12.4 Å². The molecule has 0 radical (unpaired) electrons. The predicted octanol–water partition coefficient (Wildman–Crippen LogP) is 3.04. The smallest absolute Gasteiger partial charge is 0.407 e. The molecule has 0 spiro atoms. The minimum atomic E-state index is -0.525. The Hall–Kier alpha value is -1.82. The molecule has 6 heteroatoms. The molecule has 1 atom stereocenters. The molecule has 2 N–H and O–H groups in total. The first-order chi connectivity index (χ1) is 10.7. The van der Waals surface area contributed by atoms with Gasteiger partial charge in [0.05, 0.1) is 6.61 Å². The lowest BCUT2D eigenvalue weighted by Gasteiger charge is -2.19. The Labute approximate surface area is 136 Å². The molecule has 0 bridgehead atoms. The van der Waals surface area contributed by atoms with Crippen LogP contribution in [0.3, 0.4) is 0 Å². The molecule has 0 aliphatic rings. The fraction of sp³-hybridized carbons (Fsp3) is 0.588. The van der Waals surface area contributed by atoms with Gasteiger partial charge in [0, 0.05) is 12.6 Å². The number of rotatable bonds is 7. The van der Waals surface area contributed by atoms with E-state index in [0.29, 0.717) is 25.1 Å². The summed E-state index contributed by atoms with van der Waals surface area (Å²) in [5.74, 6) is 0.0320. The van der Waals surface area contributed by atoms with E-state index in [1.165, 1.54) is 12.1 Å². The van der Waals surface area contributed by atoms with Crippen molar-refractivity contribution in [1.29, 1.82) is 0 Å². The number of nitrogens with one attached hydrogen (secondary N) is 1. The van der Waals surface area contributed by atoms with Crippen LogP contribution < -0.4 is 10.1 Å². The first-order valence-corrected chi connectivity index (χ1v) is 7.74. The van der Waals surface area contributed by atoms with E-state index in [1.807, 2.05) is 0 Å². The molecule has 0 saturated heterocycles. The number of hydrogen-bond donors (Lipinski definition) is 2. The van der Waals surface area contributed by atoms with Gasteiger partial charge in [-0.2, -0.15) is 0 Å². The number of aliphatic hydroxyl groups is 1. The molecule has 0 unspecified atom stereocenters. The SMILES string of the molecule is C[C@@H](CO)Oc1cc(F)ccc1CCCNC(=O)OC(C)(C)C. The van der Waals surface area contributed by atoms with Crippen LogP contribution in [0.4, 0.5) is 9.18 Å². The van der Waals surface area contributed by atoms with Crippen LogP contribution in [-0.2, 0) is 11.2 Å². The first kappa shape index (κ1) is 19.2. The number of aryl methyl sites for hydroxylation is 1. The minimum absolute atomic E-state index is 0.143. The molecular weight excluding hydrogens is 301 g/mol. The number of aliphatic hydroxyl groups excluding tert-OH is 1. The third-order valence-electron chi connectivity index (χ3n) is 2.91. The van der Waals surface area contributed by atoms with E-state index in [9.17, 15) is 9.18 Å². The third-order valence-corrected chi connectivity index (χ3v) is 2.91. The van der Waals surface area contributed by atoms with Gasteiger partial charge in [-0.1, -0.05) is 6.07 Å². The van der Waals surface area contributed by atoms with Crippen LogP contribution in [0.1, 0.15) is 39.7 Å². The molecule has 0 aromatic heterocycles. The normalized spacial score (nSPS) is 12.6. The molecule has 1 aromatic rings. The van der Waals surface area contributed by atoms with Crippen LogP contribution in [0.2, 0.25) is 0 Å². The summed E-state index contributed by atoms with van der Waals surface area (Å²) in [6.07, 6.45) is 0.413. The topological polar surface area (TPSA) is 67.8 Å². The highest BCUT2D eigenvalue weighted by molar-refractivity contribution is 5.67. The lowest BCUT2D eigenvalue weighted by molar-refractivity contribution is 0.0527. The second-order valence-electron chi connectivity index (χ2n) is 6.40. The molecule has 0 heterocycles. The van der Waals surface area contributed by atoms with Gasteiger partial charge in [-0.25, -0.2) is 9.18 Å². The summed E-state index contributed by atoms with van der Waals surface area (Å²) >= 11 is 0. The number of carbonyl (C=O) groups excluding carboxylic acids is 1. The Morgan fingerprint density at radius 2 is 2.09 bits per heavy atom. The zero-order chi connectivity index (χ0) is 17.5. The summed E-state index contributed by atoms with van der Waals surface area (Å²) < 4.78 is 24.0. The van der Waals surface area contributed by atoms with Crippen LogP contribution in [0.25, 0.3) is 0 Å². The maximum atomic E-state index is 13.3. The van der Waals surface area contributed by atoms with E-state index in [0.717, 1.165) is 5.56 Å². The van der Waals surface area contributed by atoms with Gasteiger partial charge in [0.15, 0.2) is 0 Å². The minimum Gasteiger partial charge on any atom is -0.488 e. The molecule has 0 saturated carbocycles. The highest BCUT2D eigenvalue weighted by Crippen LogP contribution is 2.22. The molecular formula is C17H26FNO4. The Balaban J connectivity index is 2.50. The second-order valence-corrected chi connectivity index (χ2v) is 6.40. The summed E-state index contributed by atoms with van der Waals surface area (Å²) in [5, 5.41) is 11.7. The largest absolute Gasteiger partial charge is 0.488 e. The van der Waals surface area contributed by atoms with E-state index >= 15 is 0 Å². The van der Waals surface area contributed by atoms with Gasteiger partial charge in [-0.05, 0) is 52.2 Å². The van der Waals surface area contributed by atoms with Crippen molar-refractivity contribution < 1.29 is 23.8 Å². The molecule has 0 aliphatic carbocycles. The lowest BCUT2D eigenvalue weighted by Crippen LogP contribution is -2.33. The van der Waals surface area contributed by atoms with E-state index < -0.39 is 17.8 Å². The van der Waals surface area contributed by atoms with Crippen molar-refractivity contribution in [2.24, 2.45) is 0 Å². The average Bonchev–Trinajstić information content (AvgIpc) is 2.43. The summed E-state index contributed by atoms with van der Waals surface area (Å²) in [7, 11) is 0. The van der Waals surface area contributed by atoms with Gasteiger partial charge in [0.25, 0.3) is 0 Å². The van der Waals surface area contributed by atoms with Crippen LogP contribution in [0.15, 0.2) is 18.2 Å². The number of benzene rings is 1. The van der Waals surface area contributed by atoms with Gasteiger partial charge in [-0.3, -0.25) is 0 Å². The molecule has 1 amide bonds. The Morgan fingerprint density at radius 1 is 1.39 bits per heavy atom. The van der Waals surface area contributed by atoms with Crippen LogP contribution in [-0.4, -0.2) is 36.1 Å². The standard InChI is InChI=1S/C17H26FNO4/c1-12(11-20)22-15-10-14(18)8-7-13(15)6-5-9-19-16(21)23-17(2,3)4/h7-8,10,12,20H,5-6,9,11H2,1-4H3,(H,19,21)/t12-/m0/s1. The quantitative estimate of drug-likeness (QED) is 0.755. The maximum absolute atomic E-state index is 13.3. The Kier molecular flexibility index (Phi) is 7.29.